The molecule has 8 heteroatoms. The highest BCUT2D eigenvalue weighted by Gasteiger charge is 2.39. The summed E-state index contributed by atoms with van der Waals surface area (Å²) in [6, 6.07) is 3.87. The number of rotatable bonds is 4. The molecule has 5 nitrogen and oxygen atoms in total. The van der Waals surface area contributed by atoms with Crippen LogP contribution in [0.25, 0.3) is 0 Å². The Hall–Kier alpha value is -2.06. The van der Waals surface area contributed by atoms with Crippen molar-refractivity contribution in [2.24, 2.45) is 4.99 Å². The van der Waals surface area contributed by atoms with Crippen molar-refractivity contribution in [3.05, 3.63) is 61.9 Å². The maximum Gasteiger partial charge on any atom is 0.338 e. The van der Waals surface area contributed by atoms with Gasteiger partial charge >= 0.3 is 5.97 Å². The Kier molecular flexibility index (Phi) is 5.10. The summed E-state index contributed by atoms with van der Waals surface area (Å²) in [5.41, 5.74) is 2.18. The second kappa shape index (κ2) is 7.52. The van der Waals surface area contributed by atoms with Crippen molar-refractivity contribution >= 4 is 39.1 Å². The third-order valence-electron chi connectivity index (χ3n) is 4.59. The summed E-state index contributed by atoms with van der Waals surface area (Å²) in [5.74, 6) is 0.0349. The average Bonchev–Trinajstić information content (AvgIpc) is 3.32. The first-order chi connectivity index (χ1) is 13.1. The number of halogens is 2. The van der Waals surface area contributed by atoms with Crippen molar-refractivity contribution in [3.63, 3.8) is 0 Å². The van der Waals surface area contributed by atoms with Crippen molar-refractivity contribution in [2.45, 2.75) is 25.8 Å². The normalized spacial score (nSPS) is 19.1. The summed E-state index contributed by atoms with van der Waals surface area (Å²) in [6.07, 6.45) is 3.44. The highest BCUT2D eigenvalue weighted by atomic mass is 79.9. The average molecular weight is 450 g/mol. The second-order valence-corrected chi connectivity index (χ2v) is 7.94. The molecule has 1 atom stereocenters. The first-order valence-corrected chi connectivity index (χ1v) is 10.4. The van der Waals surface area contributed by atoms with Crippen molar-refractivity contribution < 1.29 is 13.9 Å². The Balaban J connectivity index is 1.89. The molecule has 2 aliphatic rings. The van der Waals surface area contributed by atoms with E-state index in [-0.39, 0.29) is 18.4 Å². The van der Waals surface area contributed by atoms with Crippen molar-refractivity contribution in [2.75, 3.05) is 13.2 Å². The van der Waals surface area contributed by atoms with Gasteiger partial charge in [0.1, 0.15) is 11.9 Å². The fourth-order valence-electron chi connectivity index (χ4n) is 3.49. The Morgan fingerprint density at radius 3 is 3.04 bits per heavy atom. The Labute approximate surface area is 168 Å². The van der Waals surface area contributed by atoms with Gasteiger partial charge in [-0.1, -0.05) is 22.0 Å². The maximum absolute atomic E-state index is 13.6. The van der Waals surface area contributed by atoms with E-state index in [1.165, 1.54) is 23.5 Å². The number of aliphatic imine (C=N–C) groups is 1. The minimum absolute atomic E-state index is 0.288. The molecule has 1 aromatic carbocycles. The molecule has 0 bridgehead atoms. The van der Waals surface area contributed by atoms with Gasteiger partial charge in [-0.2, -0.15) is 0 Å². The van der Waals surface area contributed by atoms with Crippen LogP contribution in [0, 0.1) is 5.82 Å². The largest absolute Gasteiger partial charge is 0.463 e. The van der Waals surface area contributed by atoms with E-state index in [1.807, 2.05) is 5.38 Å². The van der Waals surface area contributed by atoms with E-state index in [1.54, 1.807) is 19.2 Å². The topological polar surface area (TPSA) is 54.8 Å². The minimum Gasteiger partial charge on any atom is -0.463 e. The van der Waals surface area contributed by atoms with Gasteiger partial charge in [-0.25, -0.2) is 14.2 Å². The van der Waals surface area contributed by atoms with Crippen LogP contribution in [0.15, 0.2) is 50.5 Å². The zero-order valence-corrected chi connectivity index (χ0v) is 17.0. The Morgan fingerprint density at radius 2 is 2.33 bits per heavy atom. The van der Waals surface area contributed by atoms with E-state index >= 15 is 0 Å². The summed E-state index contributed by atoms with van der Waals surface area (Å²) in [4.78, 5) is 24.2. The predicted molar refractivity (Wildman–Crippen MR) is 105 cm³/mol. The molecule has 0 radical (unpaired) electrons. The smallest absolute Gasteiger partial charge is 0.338 e. The molecule has 2 aromatic rings. The molecule has 2 aliphatic heterocycles. The number of aromatic nitrogens is 1. The van der Waals surface area contributed by atoms with Gasteiger partial charge in [0.15, 0.2) is 10.8 Å². The van der Waals surface area contributed by atoms with E-state index in [2.05, 4.69) is 25.8 Å². The van der Waals surface area contributed by atoms with Crippen molar-refractivity contribution in [1.82, 2.24) is 9.88 Å². The van der Waals surface area contributed by atoms with E-state index in [0.717, 1.165) is 41.5 Å². The van der Waals surface area contributed by atoms with Gasteiger partial charge in [-0.05, 0) is 37.5 Å². The van der Waals surface area contributed by atoms with E-state index in [0.29, 0.717) is 10.0 Å². The summed E-state index contributed by atoms with van der Waals surface area (Å²) in [7, 11) is 0. The maximum atomic E-state index is 13.6. The quantitative estimate of drug-likeness (QED) is 0.646. The zero-order valence-electron chi connectivity index (χ0n) is 14.6. The van der Waals surface area contributed by atoms with Crippen LogP contribution in [0.2, 0.25) is 0 Å². The van der Waals surface area contributed by atoms with Crippen LogP contribution in [0.1, 0.15) is 36.4 Å². The molecule has 1 fully saturated rings. The van der Waals surface area contributed by atoms with Crippen LogP contribution in [0.3, 0.4) is 0 Å². The second-order valence-electron chi connectivity index (χ2n) is 6.19. The van der Waals surface area contributed by atoms with Crippen LogP contribution in [-0.2, 0) is 9.53 Å². The first-order valence-electron chi connectivity index (χ1n) is 8.70. The lowest BCUT2D eigenvalue weighted by Gasteiger charge is -2.31. The monoisotopic (exact) mass is 449 g/mol. The molecule has 140 valence electrons. The van der Waals surface area contributed by atoms with Crippen LogP contribution < -0.4 is 0 Å². The Morgan fingerprint density at radius 1 is 1.48 bits per heavy atom. The summed E-state index contributed by atoms with van der Waals surface area (Å²) in [5, 5.41) is 2.71. The molecule has 1 saturated heterocycles. The van der Waals surface area contributed by atoms with Crippen LogP contribution >= 0.6 is 27.3 Å². The predicted octanol–water partition coefficient (Wildman–Crippen LogP) is 4.46. The van der Waals surface area contributed by atoms with Crippen molar-refractivity contribution in [1.29, 1.82) is 0 Å². The van der Waals surface area contributed by atoms with Gasteiger partial charge in [-0.15, -0.1) is 11.3 Å². The SMILES string of the molecule is CCOC(=O)C1=C2CCCN2C(c2nccs2)=N[C@@H]1c1ccc(F)cc1Br. The number of nitrogens with zero attached hydrogens (tertiary/aromatic N) is 3. The Bertz CT molecular complexity index is 942. The minimum atomic E-state index is -0.567. The third-order valence-corrected chi connectivity index (χ3v) is 6.04. The van der Waals surface area contributed by atoms with Gasteiger partial charge in [-0.3, -0.25) is 4.99 Å². The van der Waals surface area contributed by atoms with E-state index < -0.39 is 6.04 Å². The number of benzene rings is 1. The molecular formula is C19H17BrFN3O2S. The number of fused-ring (bicyclic) bond motifs is 1. The molecular weight excluding hydrogens is 433 g/mol. The number of carbonyl (C=O) groups excluding carboxylic acids is 1. The molecule has 0 spiro atoms. The molecule has 0 unspecified atom stereocenters. The van der Waals surface area contributed by atoms with E-state index in [4.69, 9.17) is 9.73 Å². The van der Waals surface area contributed by atoms with Gasteiger partial charge in [0.2, 0.25) is 0 Å². The summed E-state index contributed by atoms with van der Waals surface area (Å²) < 4.78 is 19.5. The molecule has 3 heterocycles. The summed E-state index contributed by atoms with van der Waals surface area (Å²) in [6.45, 7) is 2.86. The van der Waals surface area contributed by atoms with Gasteiger partial charge in [0.05, 0.1) is 12.2 Å². The highest BCUT2D eigenvalue weighted by Crippen LogP contribution is 2.42. The lowest BCUT2D eigenvalue weighted by molar-refractivity contribution is -0.139. The molecule has 0 amide bonds. The lowest BCUT2D eigenvalue weighted by atomic mass is 9.94. The number of esters is 1. The number of thiazole rings is 1. The third kappa shape index (κ3) is 3.32. The van der Waals surface area contributed by atoms with Gasteiger partial charge < -0.3 is 9.64 Å². The van der Waals surface area contributed by atoms with Crippen LogP contribution in [0.5, 0.6) is 0 Å². The highest BCUT2D eigenvalue weighted by molar-refractivity contribution is 9.10. The standard InChI is InChI=1S/C19H17BrFN3O2S/c1-2-26-19(25)15-14-4-3-8-24(14)17(18-22-7-9-27-18)23-16(15)12-6-5-11(21)10-13(12)20/h5-7,9-10,16H,2-4,8H2,1H3/t16-/m1/s1. The van der Waals surface area contributed by atoms with Crippen LogP contribution in [-0.4, -0.2) is 34.8 Å². The zero-order chi connectivity index (χ0) is 19.0. The molecule has 0 saturated carbocycles. The number of allylic oxidation sites excluding steroid dienone is 1. The molecule has 0 N–H and O–H groups in total. The fraction of sp³-hybridized carbons (Fsp3) is 0.316. The molecule has 27 heavy (non-hydrogen) atoms. The van der Waals surface area contributed by atoms with E-state index in [9.17, 15) is 9.18 Å². The molecule has 4 rings (SSSR count). The number of amidine groups is 1. The lowest BCUT2D eigenvalue weighted by Crippen LogP contribution is -2.35. The molecule has 0 aliphatic carbocycles. The van der Waals surface area contributed by atoms with Gasteiger partial charge in [0, 0.05) is 28.3 Å². The number of hydrogen-bond donors (Lipinski definition) is 0. The number of hydrogen-bond acceptors (Lipinski definition) is 6. The fourth-order valence-corrected chi connectivity index (χ4v) is 4.70. The molecule has 1 aromatic heterocycles. The number of ether oxygens (including phenoxy) is 1. The van der Waals surface area contributed by atoms with Crippen LogP contribution in [0.4, 0.5) is 4.39 Å². The number of carbonyl (C=O) groups is 1. The summed E-state index contributed by atoms with van der Waals surface area (Å²) >= 11 is 4.94. The van der Waals surface area contributed by atoms with Crippen molar-refractivity contribution in [3.8, 4) is 0 Å². The van der Waals surface area contributed by atoms with Gasteiger partial charge in [0.25, 0.3) is 0 Å². The first kappa shape index (κ1) is 18.3.